The molecule has 0 aromatic heterocycles. The monoisotopic (exact) mass is 320 g/mol. The molecule has 0 amide bonds. The van der Waals surface area contributed by atoms with Gasteiger partial charge in [-0.15, -0.1) is 0 Å². The van der Waals surface area contributed by atoms with Crippen LogP contribution in [0.25, 0.3) is 0 Å². The fourth-order valence-electron chi connectivity index (χ4n) is 2.64. The van der Waals surface area contributed by atoms with Crippen molar-refractivity contribution < 1.29 is 10.2 Å². The van der Waals surface area contributed by atoms with Gasteiger partial charge < -0.3 is 10.2 Å². The van der Waals surface area contributed by atoms with Crippen molar-refractivity contribution in [1.29, 1.82) is 0 Å². The van der Waals surface area contributed by atoms with Crippen molar-refractivity contribution >= 4 is 23.9 Å². The second kappa shape index (κ2) is 7.47. The minimum absolute atomic E-state index is 0.219. The molecule has 24 heavy (non-hydrogen) atoms. The van der Waals surface area contributed by atoms with Crippen LogP contribution in [-0.2, 0) is 0 Å². The maximum Gasteiger partial charge on any atom is 0.387 e. The number of nitrogens with zero attached hydrogens (tertiary/aromatic N) is 2. The van der Waals surface area contributed by atoms with Gasteiger partial charge in [0.05, 0.1) is 24.0 Å². The van der Waals surface area contributed by atoms with Gasteiger partial charge in [-0.2, -0.15) is 0 Å². The summed E-state index contributed by atoms with van der Waals surface area (Å²) in [5.41, 5.74) is 3.27. The zero-order valence-electron chi connectivity index (χ0n) is 13.4. The number of benzene rings is 2. The molecule has 2 aromatic rings. The first-order chi connectivity index (χ1) is 11.7. The van der Waals surface area contributed by atoms with Crippen LogP contribution in [-0.4, -0.2) is 34.1 Å². The molecule has 0 unspecified atom stereocenters. The molecule has 120 valence electrons. The Balaban J connectivity index is 1.97. The zero-order chi connectivity index (χ0) is 16.8. The number of para-hydroxylation sites is 2. The van der Waals surface area contributed by atoms with Crippen LogP contribution in [0.5, 0.6) is 11.5 Å². The Morgan fingerprint density at radius 1 is 0.667 bits per heavy atom. The number of rotatable bonds is 2. The van der Waals surface area contributed by atoms with E-state index < -0.39 is 0 Å². The van der Waals surface area contributed by atoms with Gasteiger partial charge in [-0.1, -0.05) is 33.6 Å². The Hall–Kier alpha value is -3.06. The quantitative estimate of drug-likeness (QED) is 0.658. The van der Waals surface area contributed by atoms with Crippen LogP contribution in [0.4, 0.5) is 0 Å². The Labute approximate surface area is 140 Å². The fraction of sp³-hybridized carbons (Fsp3) is 0.200. The lowest BCUT2D eigenvalue weighted by Gasteiger charge is -1.98. The average molecular weight is 320 g/mol. The highest BCUT2D eigenvalue weighted by atomic mass is 16.3. The molecule has 0 heterocycles. The molecule has 0 aliphatic heterocycles. The molecule has 4 heteroatoms. The van der Waals surface area contributed by atoms with Crippen molar-refractivity contribution in [3.8, 4) is 11.5 Å². The first-order valence-corrected chi connectivity index (χ1v) is 8.10. The van der Waals surface area contributed by atoms with Gasteiger partial charge >= 0.3 is 23.9 Å². The second-order valence-electron chi connectivity index (χ2n) is 5.73. The first-order valence-electron chi connectivity index (χ1n) is 8.10. The van der Waals surface area contributed by atoms with Gasteiger partial charge in [0.1, 0.15) is 11.5 Å². The Bertz CT molecular complexity index is 797. The van der Waals surface area contributed by atoms with Gasteiger partial charge in [0, 0.05) is 0 Å². The first kappa shape index (κ1) is 15.8. The highest BCUT2D eigenvalue weighted by molar-refractivity contribution is 6.42. The summed E-state index contributed by atoms with van der Waals surface area (Å²) in [5.74, 6) is 0.439. The molecule has 0 atom stereocenters. The maximum atomic E-state index is 9.82. The largest absolute Gasteiger partial charge is 0.507 e. The Kier molecular flexibility index (Phi) is 4.93. The number of phenols is 2. The van der Waals surface area contributed by atoms with E-state index in [1.165, 1.54) is 0 Å². The topological polar surface area (TPSA) is 68.7 Å². The number of hydrogen-bond donors (Lipinski definition) is 2. The van der Waals surface area contributed by atoms with Crippen LogP contribution in [0.3, 0.4) is 0 Å². The van der Waals surface area contributed by atoms with E-state index in [9.17, 15) is 10.2 Å². The van der Waals surface area contributed by atoms with E-state index >= 15 is 0 Å². The van der Waals surface area contributed by atoms with Gasteiger partial charge in [-0.3, -0.25) is 0 Å². The molecule has 1 fully saturated rings. The smallest absolute Gasteiger partial charge is 0.387 e. The molecular weight excluding hydrogens is 300 g/mol. The summed E-state index contributed by atoms with van der Waals surface area (Å²) < 4.78 is 9.10. The predicted octanol–water partition coefficient (Wildman–Crippen LogP) is 2.23. The van der Waals surface area contributed by atoms with Crippen LogP contribution >= 0.6 is 0 Å². The number of hydrogen-bond acceptors (Lipinski definition) is 2. The number of phenolic OH excluding ortho intramolecular Hbond substituents is 2. The van der Waals surface area contributed by atoms with Crippen LogP contribution in [0.1, 0.15) is 36.8 Å². The lowest BCUT2D eigenvalue weighted by Crippen LogP contribution is -2.24. The van der Waals surface area contributed by atoms with Crippen LogP contribution in [0, 0.1) is 0 Å². The van der Waals surface area contributed by atoms with Crippen molar-refractivity contribution in [3.63, 3.8) is 0 Å². The van der Waals surface area contributed by atoms with Crippen molar-refractivity contribution in [3.05, 3.63) is 59.7 Å². The standard InChI is InChI=1S/C20H18N2O2/c23-19-11-5-1-7-15(19)13-21-17-9-3-4-10-18(17)22-14-16-8-2-6-12-20(16)24/h1-2,5-8,11-14H,3-4,9-10H2/p+2. The molecule has 1 aliphatic rings. The summed E-state index contributed by atoms with van der Waals surface area (Å²) in [4.78, 5) is 0. The number of aromatic hydroxyl groups is 2. The van der Waals surface area contributed by atoms with Gasteiger partial charge in [0.15, 0.2) is 0 Å². The maximum absolute atomic E-state index is 9.82. The second-order valence-corrected chi connectivity index (χ2v) is 5.73. The Morgan fingerprint density at radius 3 is 1.50 bits per heavy atom. The lowest BCUT2D eigenvalue weighted by atomic mass is 9.96. The molecule has 2 aromatic carbocycles. The third kappa shape index (κ3) is 3.82. The van der Waals surface area contributed by atoms with E-state index in [-0.39, 0.29) is 11.5 Å². The average Bonchev–Trinajstić information content (AvgIpc) is 2.61. The molecule has 1 aliphatic carbocycles. The summed E-state index contributed by atoms with van der Waals surface area (Å²) >= 11 is 0. The van der Waals surface area contributed by atoms with E-state index in [1.54, 1.807) is 36.7 Å². The van der Waals surface area contributed by atoms with Gasteiger partial charge in [0.25, 0.3) is 0 Å². The van der Waals surface area contributed by atoms with Crippen molar-refractivity contribution in [2.24, 2.45) is 0 Å². The van der Waals surface area contributed by atoms with E-state index in [4.69, 9.17) is 0 Å². The van der Waals surface area contributed by atoms with Gasteiger partial charge in [-0.05, 0) is 37.1 Å². The summed E-state index contributed by atoms with van der Waals surface area (Å²) in [6.45, 7) is 0. The summed E-state index contributed by atoms with van der Waals surface area (Å²) in [7, 11) is 0. The minimum atomic E-state index is 0.219. The SMILES string of the molecule is Oc1ccccc1C=[N+]=C1CCCCC1=[N+]=Cc1ccccc1O. The molecule has 2 N–H and O–H groups in total. The normalized spacial score (nSPS) is 13.8. The van der Waals surface area contributed by atoms with E-state index in [0.717, 1.165) is 37.1 Å². The third-order valence-electron chi connectivity index (χ3n) is 4.00. The van der Waals surface area contributed by atoms with E-state index in [1.807, 2.05) is 24.3 Å². The predicted molar refractivity (Wildman–Crippen MR) is 99.3 cm³/mol. The summed E-state index contributed by atoms with van der Waals surface area (Å²) in [6.07, 6.45) is 7.29. The molecule has 0 spiro atoms. The van der Waals surface area contributed by atoms with Gasteiger partial charge in [-0.25, -0.2) is 0 Å². The molecular formula is C20H20N2O2+2. The van der Waals surface area contributed by atoms with Crippen molar-refractivity contribution in [2.75, 3.05) is 0 Å². The molecule has 1 saturated carbocycles. The van der Waals surface area contributed by atoms with Gasteiger partial charge in [0.2, 0.25) is 0 Å². The van der Waals surface area contributed by atoms with Crippen LogP contribution < -0.4 is 9.34 Å². The minimum Gasteiger partial charge on any atom is -0.507 e. The molecule has 0 bridgehead atoms. The molecule has 0 saturated heterocycles. The fourth-order valence-corrected chi connectivity index (χ4v) is 2.64. The molecule has 4 nitrogen and oxygen atoms in total. The van der Waals surface area contributed by atoms with Crippen molar-refractivity contribution in [2.45, 2.75) is 25.7 Å². The zero-order valence-corrected chi connectivity index (χ0v) is 13.4. The van der Waals surface area contributed by atoms with Crippen LogP contribution in [0.15, 0.2) is 48.5 Å². The van der Waals surface area contributed by atoms with E-state index in [2.05, 4.69) is 9.34 Å². The van der Waals surface area contributed by atoms with Crippen LogP contribution in [0.2, 0.25) is 0 Å². The summed E-state index contributed by atoms with van der Waals surface area (Å²) in [5, 5.41) is 19.6. The highest BCUT2D eigenvalue weighted by Gasteiger charge is 2.31. The van der Waals surface area contributed by atoms with E-state index in [0.29, 0.717) is 11.1 Å². The lowest BCUT2D eigenvalue weighted by molar-refractivity contribution is 0.474. The summed E-state index contributed by atoms with van der Waals surface area (Å²) in [6, 6.07) is 14.3. The highest BCUT2D eigenvalue weighted by Crippen LogP contribution is 2.14. The Morgan fingerprint density at radius 2 is 1.08 bits per heavy atom. The van der Waals surface area contributed by atoms with Crippen molar-refractivity contribution in [1.82, 2.24) is 9.34 Å². The molecule has 0 radical (unpaired) electrons. The molecule has 3 rings (SSSR count). The third-order valence-corrected chi connectivity index (χ3v) is 4.00.